The fraction of sp³-hybridized carbons (Fsp3) is 0.143. The molecule has 0 aliphatic heterocycles. The van der Waals surface area contributed by atoms with Crippen molar-refractivity contribution in [2.24, 2.45) is 0 Å². The van der Waals surface area contributed by atoms with E-state index in [2.05, 4.69) is 20.9 Å². The van der Waals surface area contributed by atoms with Gasteiger partial charge in [0, 0.05) is 15.7 Å². The predicted octanol–water partition coefficient (Wildman–Crippen LogP) is 1.05. The Hall–Kier alpha value is -2.01. The number of esters is 1. The standard InChI is InChI=1S/C14H14IN3O4S/c1-2-22-12(20)8-7-11(19)16-14(23)18-17-13(21)9-5-3-4-6-10(9)15/h3-8H,2H2,1H3,(H,17,21)(H2,16,18,19,23). The first kappa shape index (κ1) is 19.0. The molecule has 0 aliphatic rings. The number of carbonyl (C=O) groups is 3. The van der Waals surface area contributed by atoms with E-state index in [1.807, 2.05) is 28.7 Å². The number of carbonyl (C=O) groups excluding carboxylic acids is 3. The van der Waals surface area contributed by atoms with Gasteiger partial charge in [-0.15, -0.1) is 0 Å². The summed E-state index contributed by atoms with van der Waals surface area (Å²) in [6.45, 7) is 1.87. The number of ether oxygens (including phenoxy) is 1. The first-order valence-corrected chi connectivity index (χ1v) is 7.93. The lowest BCUT2D eigenvalue weighted by Gasteiger charge is -2.10. The maximum atomic E-state index is 11.9. The Kier molecular flexibility index (Phi) is 8.19. The van der Waals surface area contributed by atoms with E-state index < -0.39 is 17.8 Å². The number of hydrogen-bond acceptors (Lipinski definition) is 5. The highest BCUT2D eigenvalue weighted by molar-refractivity contribution is 14.1. The summed E-state index contributed by atoms with van der Waals surface area (Å²) in [5, 5.41) is 2.16. The molecule has 0 aliphatic carbocycles. The summed E-state index contributed by atoms with van der Waals surface area (Å²) in [6.07, 6.45) is 1.96. The fourth-order valence-corrected chi connectivity index (χ4v) is 2.13. The van der Waals surface area contributed by atoms with Crippen LogP contribution >= 0.6 is 34.8 Å². The molecule has 0 fully saturated rings. The second-order valence-corrected chi connectivity index (χ2v) is 5.53. The second-order valence-electron chi connectivity index (χ2n) is 3.96. The average molecular weight is 447 g/mol. The van der Waals surface area contributed by atoms with Gasteiger partial charge in [-0.05, 0) is 53.9 Å². The van der Waals surface area contributed by atoms with Crippen molar-refractivity contribution in [3.63, 3.8) is 0 Å². The van der Waals surface area contributed by atoms with E-state index in [-0.39, 0.29) is 11.7 Å². The summed E-state index contributed by atoms with van der Waals surface area (Å²) < 4.78 is 5.40. The van der Waals surface area contributed by atoms with Gasteiger partial charge >= 0.3 is 5.97 Å². The van der Waals surface area contributed by atoms with E-state index in [9.17, 15) is 14.4 Å². The molecule has 23 heavy (non-hydrogen) atoms. The fourth-order valence-electron chi connectivity index (χ4n) is 1.35. The Morgan fingerprint density at radius 2 is 1.91 bits per heavy atom. The molecule has 3 N–H and O–H groups in total. The van der Waals surface area contributed by atoms with E-state index in [1.165, 1.54) is 0 Å². The van der Waals surface area contributed by atoms with Gasteiger partial charge in [-0.25, -0.2) is 4.79 Å². The summed E-state index contributed by atoms with van der Waals surface area (Å²) in [4.78, 5) is 34.4. The third kappa shape index (κ3) is 7.19. The number of amides is 2. The van der Waals surface area contributed by atoms with Gasteiger partial charge in [0.1, 0.15) is 0 Å². The number of halogens is 1. The molecule has 1 aromatic carbocycles. The summed E-state index contributed by atoms with van der Waals surface area (Å²) in [5.74, 6) is -1.65. The molecule has 0 saturated carbocycles. The minimum atomic E-state index is -0.631. The highest BCUT2D eigenvalue weighted by Crippen LogP contribution is 2.10. The lowest BCUT2D eigenvalue weighted by Crippen LogP contribution is -2.48. The van der Waals surface area contributed by atoms with E-state index in [4.69, 9.17) is 12.2 Å². The maximum Gasteiger partial charge on any atom is 0.330 e. The molecule has 0 heterocycles. The van der Waals surface area contributed by atoms with Crippen molar-refractivity contribution < 1.29 is 19.1 Å². The van der Waals surface area contributed by atoms with Gasteiger partial charge < -0.3 is 4.74 Å². The van der Waals surface area contributed by atoms with Crippen LogP contribution in [0.3, 0.4) is 0 Å². The highest BCUT2D eigenvalue weighted by atomic mass is 127. The van der Waals surface area contributed by atoms with Gasteiger partial charge in [0.05, 0.1) is 12.2 Å². The van der Waals surface area contributed by atoms with Crippen LogP contribution in [0, 0.1) is 3.57 Å². The SMILES string of the molecule is CCOC(=O)C=CC(=O)NC(=S)NNC(=O)c1ccccc1I. The zero-order valence-corrected chi connectivity index (χ0v) is 15.1. The second kappa shape index (κ2) is 9.90. The average Bonchev–Trinajstić information content (AvgIpc) is 2.51. The summed E-state index contributed by atoms with van der Waals surface area (Å²) >= 11 is 6.88. The van der Waals surface area contributed by atoms with Crippen LogP contribution in [-0.2, 0) is 14.3 Å². The zero-order valence-electron chi connectivity index (χ0n) is 12.1. The van der Waals surface area contributed by atoms with Crippen LogP contribution in [0.15, 0.2) is 36.4 Å². The lowest BCUT2D eigenvalue weighted by molar-refractivity contribution is -0.137. The van der Waals surface area contributed by atoms with Gasteiger partial charge in [-0.2, -0.15) is 0 Å². The van der Waals surface area contributed by atoms with Gasteiger partial charge in [-0.1, -0.05) is 12.1 Å². The van der Waals surface area contributed by atoms with Crippen LogP contribution < -0.4 is 16.2 Å². The van der Waals surface area contributed by atoms with Crippen LogP contribution in [0.2, 0.25) is 0 Å². The Bertz CT molecular complexity index is 649. The maximum absolute atomic E-state index is 11.9. The molecule has 1 rings (SSSR count). The molecule has 0 bridgehead atoms. The van der Waals surface area contributed by atoms with Crippen LogP contribution in [0.5, 0.6) is 0 Å². The predicted molar refractivity (Wildman–Crippen MR) is 96.3 cm³/mol. The van der Waals surface area contributed by atoms with Crippen molar-refractivity contribution >= 4 is 57.7 Å². The Balaban J connectivity index is 2.42. The van der Waals surface area contributed by atoms with Crippen LogP contribution in [0.1, 0.15) is 17.3 Å². The molecule has 0 atom stereocenters. The molecule has 2 amide bonds. The third-order valence-electron chi connectivity index (χ3n) is 2.30. The number of hydrazine groups is 1. The molecule has 0 unspecified atom stereocenters. The van der Waals surface area contributed by atoms with Crippen LogP contribution in [0.25, 0.3) is 0 Å². The van der Waals surface area contributed by atoms with Crippen molar-refractivity contribution in [2.45, 2.75) is 6.92 Å². The zero-order chi connectivity index (χ0) is 17.2. The number of nitrogens with one attached hydrogen (secondary N) is 3. The number of hydrogen-bond donors (Lipinski definition) is 3. The Morgan fingerprint density at radius 1 is 1.22 bits per heavy atom. The molecule has 9 heteroatoms. The molecule has 1 aromatic rings. The lowest BCUT2D eigenvalue weighted by atomic mass is 10.2. The van der Waals surface area contributed by atoms with E-state index >= 15 is 0 Å². The molecule has 0 radical (unpaired) electrons. The molecule has 0 aromatic heterocycles. The third-order valence-corrected chi connectivity index (χ3v) is 3.45. The number of benzene rings is 1. The van der Waals surface area contributed by atoms with Gasteiger partial charge in [0.2, 0.25) is 5.91 Å². The topological polar surface area (TPSA) is 96.5 Å². The van der Waals surface area contributed by atoms with Crippen molar-refractivity contribution in [2.75, 3.05) is 6.61 Å². The van der Waals surface area contributed by atoms with Crippen LogP contribution in [0.4, 0.5) is 0 Å². The molecular formula is C14H14IN3O4S. The Morgan fingerprint density at radius 3 is 2.57 bits per heavy atom. The van der Waals surface area contributed by atoms with Crippen LogP contribution in [-0.4, -0.2) is 29.5 Å². The van der Waals surface area contributed by atoms with Crippen molar-refractivity contribution in [3.05, 3.63) is 45.6 Å². The molecule has 122 valence electrons. The molecule has 7 nitrogen and oxygen atoms in total. The minimum Gasteiger partial charge on any atom is -0.463 e. The quantitative estimate of drug-likeness (QED) is 0.210. The monoisotopic (exact) mass is 447 g/mol. The number of thiocarbonyl (C=S) groups is 1. The number of rotatable bonds is 4. The summed E-state index contributed by atoms with van der Waals surface area (Å²) in [5.41, 5.74) is 5.23. The smallest absolute Gasteiger partial charge is 0.330 e. The summed E-state index contributed by atoms with van der Waals surface area (Å²) in [6, 6.07) is 6.99. The van der Waals surface area contributed by atoms with E-state index in [0.717, 1.165) is 15.7 Å². The normalized spacial score (nSPS) is 10.0. The van der Waals surface area contributed by atoms with E-state index in [0.29, 0.717) is 5.56 Å². The highest BCUT2D eigenvalue weighted by Gasteiger charge is 2.09. The summed E-state index contributed by atoms with van der Waals surface area (Å²) in [7, 11) is 0. The van der Waals surface area contributed by atoms with E-state index in [1.54, 1.807) is 25.1 Å². The van der Waals surface area contributed by atoms with Crippen molar-refractivity contribution in [3.8, 4) is 0 Å². The largest absolute Gasteiger partial charge is 0.463 e. The Labute approximate surface area is 151 Å². The first-order chi connectivity index (χ1) is 10.9. The van der Waals surface area contributed by atoms with Crippen molar-refractivity contribution in [1.29, 1.82) is 0 Å². The molecular weight excluding hydrogens is 433 g/mol. The van der Waals surface area contributed by atoms with Gasteiger partial charge in [-0.3, -0.25) is 25.8 Å². The van der Waals surface area contributed by atoms with Crippen molar-refractivity contribution in [1.82, 2.24) is 16.2 Å². The molecule has 0 saturated heterocycles. The van der Waals surface area contributed by atoms with Gasteiger partial charge in [0.15, 0.2) is 5.11 Å². The minimum absolute atomic E-state index is 0.109. The van der Waals surface area contributed by atoms with Gasteiger partial charge in [0.25, 0.3) is 5.91 Å². The molecule has 0 spiro atoms. The first-order valence-electron chi connectivity index (χ1n) is 6.44.